The Bertz CT molecular complexity index is 607. The molecule has 1 fully saturated rings. The van der Waals surface area contributed by atoms with Gasteiger partial charge in [-0.15, -0.1) is 0 Å². The first-order chi connectivity index (χ1) is 13.0. The number of hydrogen-bond acceptors (Lipinski definition) is 5. The van der Waals surface area contributed by atoms with Crippen LogP contribution >= 0.6 is 0 Å². The predicted octanol–water partition coefficient (Wildman–Crippen LogP) is 2.99. The van der Waals surface area contributed by atoms with Gasteiger partial charge in [-0.1, -0.05) is 6.92 Å². The van der Waals surface area contributed by atoms with E-state index in [2.05, 4.69) is 11.8 Å². The van der Waals surface area contributed by atoms with Crippen molar-refractivity contribution < 1.29 is 9.13 Å². The van der Waals surface area contributed by atoms with Crippen LogP contribution in [-0.2, 0) is 10.8 Å². The zero-order valence-corrected chi connectivity index (χ0v) is 17.0. The van der Waals surface area contributed by atoms with Crippen molar-refractivity contribution >= 4 is 24.5 Å². The van der Waals surface area contributed by atoms with Gasteiger partial charge in [0, 0.05) is 22.8 Å². The molecule has 2 rings (SSSR count). The first-order valence-corrected chi connectivity index (χ1v) is 11.2. The van der Waals surface area contributed by atoms with Gasteiger partial charge in [0.05, 0.1) is 15.7 Å². The van der Waals surface area contributed by atoms with Gasteiger partial charge in [-0.3, -0.25) is 14.3 Å². The Kier molecular flexibility index (Phi) is 9.44. The van der Waals surface area contributed by atoms with E-state index in [1.54, 1.807) is 12.1 Å². The Labute approximate surface area is 166 Å². The standard InChI is InChI=1S/C19H30BN3O3S/c1-2-11-22(20)13-4-3-12-21-14-9-17(10-15-21)16-27(26)19-7-5-18(6-8-19)23(24)25/h5-8,17H,2-4,9-16H2,1H3. The van der Waals surface area contributed by atoms with Crippen LogP contribution in [0.2, 0.25) is 0 Å². The largest absolute Gasteiger partial charge is 0.353 e. The number of benzene rings is 1. The number of nitro benzene ring substituents is 1. The lowest BCUT2D eigenvalue weighted by atomic mass is 9.99. The Morgan fingerprint density at radius 2 is 1.89 bits per heavy atom. The van der Waals surface area contributed by atoms with Crippen LogP contribution < -0.4 is 0 Å². The summed E-state index contributed by atoms with van der Waals surface area (Å²) in [6.07, 6.45) is 5.51. The van der Waals surface area contributed by atoms with E-state index in [4.69, 9.17) is 7.98 Å². The van der Waals surface area contributed by atoms with Crippen molar-refractivity contribution in [2.75, 3.05) is 38.5 Å². The van der Waals surface area contributed by atoms with E-state index >= 15 is 0 Å². The lowest BCUT2D eigenvalue weighted by Gasteiger charge is -2.31. The maximum Gasteiger partial charge on any atom is 0.269 e. The van der Waals surface area contributed by atoms with Gasteiger partial charge in [0.2, 0.25) is 0 Å². The van der Waals surface area contributed by atoms with Crippen LogP contribution in [-0.4, -0.2) is 65.3 Å². The van der Waals surface area contributed by atoms with Gasteiger partial charge in [0.15, 0.2) is 7.98 Å². The summed E-state index contributed by atoms with van der Waals surface area (Å²) in [6, 6.07) is 6.09. The highest BCUT2D eigenvalue weighted by molar-refractivity contribution is 7.85. The monoisotopic (exact) mass is 391 g/mol. The second-order valence-corrected chi connectivity index (χ2v) is 8.79. The molecule has 0 aromatic heterocycles. The summed E-state index contributed by atoms with van der Waals surface area (Å²) in [5, 5.41) is 10.7. The summed E-state index contributed by atoms with van der Waals surface area (Å²) in [7, 11) is 4.81. The number of hydrogen-bond donors (Lipinski definition) is 0. The zero-order chi connectivity index (χ0) is 19.6. The van der Waals surface area contributed by atoms with Gasteiger partial charge >= 0.3 is 0 Å². The molecule has 1 atom stereocenters. The number of rotatable bonds is 11. The predicted molar refractivity (Wildman–Crippen MR) is 110 cm³/mol. The fraction of sp³-hybridized carbons (Fsp3) is 0.684. The van der Waals surface area contributed by atoms with Gasteiger partial charge in [-0.05, 0) is 82.9 Å². The van der Waals surface area contributed by atoms with E-state index in [-0.39, 0.29) is 5.69 Å². The normalized spacial score (nSPS) is 17.3. The molecule has 0 spiro atoms. The van der Waals surface area contributed by atoms with E-state index < -0.39 is 15.7 Å². The molecule has 1 aliphatic heterocycles. The molecule has 0 aliphatic carbocycles. The Morgan fingerprint density at radius 1 is 1.22 bits per heavy atom. The second kappa shape index (κ2) is 11.6. The molecule has 1 aliphatic rings. The number of nitrogens with zero attached hydrogens (tertiary/aromatic N) is 3. The Balaban J connectivity index is 1.65. The van der Waals surface area contributed by atoms with Crippen molar-refractivity contribution in [2.45, 2.75) is 43.9 Å². The van der Waals surface area contributed by atoms with Gasteiger partial charge in [0.25, 0.3) is 5.69 Å². The van der Waals surface area contributed by atoms with Crippen molar-refractivity contribution in [3.05, 3.63) is 34.4 Å². The molecule has 0 N–H and O–H groups in total. The number of unbranched alkanes of at least 4 members (excludes halogenated alkanes) is 1. The van der Waals surface area contributed by atoms with Crippen molar-refractivity contribution in [3.8, 4) is 0 Å². The molecular weight excluding hydrogens is 361 g/mol. The molecule has 148 valence electrons. The van der Waals surface area contributed by atoms with Crippen molar-refractivity contribution in [1.82, 2.24) is 9.71 Å². The van der Waals surface area contributed by atoms with Crippen LogP contribution in [0.5, 0.6) is 0 Å². The van der Waals surface area contributed by atoms with Gasteiger partial charge < -0.3 is 9.71 Å². The van der Waals surface area contributed by atoms with Crippen LogP contribution in [0, 0.1) is 16.0 Å². The molecule has 6 nitrogen and oxygen atoms in total. The third-order valence-electron chi connectivity index (χ3n) is 5.09. The number of nitro groups is 1. The van der Waals surface area contributed by atoms with E-state index in [9.17, 15) is 14.3 Å². The summed E-state index contributed by atoms with van der Waals surface area (Å²) in [6.45, 7) is 7.28. The highest BCUT2D eigenvalue weighted by Crippen LogP contribution is 2.22. The average molecular weight is 391 g/mol. The molecule has 8 heteroatoms. The first-order valence-electron chi connectivity index (χ1n) is 9.84. The minimum atomic E-state index is -1.09. The summed E-state index contributed by atoms with van der Waals surface area (Å²) in [5.74, 6) is 1.10. The smallest absolute Gasteiger partial charge is 0.269 e. The summed E-state index contributed by atoms with van der Waals surface area (Å²) in [5.41, 5.74) is 0.0384. The molecule has 0 saturated carbocycles. The fourth-order valence-electron chi connectivity index (χ4n) is 3.46. The summed E-state index contributed by atoms with van der Waals surface area (Å²) < 4.78 is 12.5. The van der Waals surface area contributed by atoms with Crippen molar-refractivity contribution in [3.63, 3.8) is 0 Å². The maximum absolute atomic E-state index is 12.5. The Morgan fingerprint density at radius 3 is 2.48 bits per heavy atom. The quantitative estimate of drug-likeness (QED) is 0.251. The molecule has 1 unspecified atom stereocenters. The summed E-state index contributed by atoms with van der Waals surface area (Å²) >= 11 is 0. The molecule has 0 amide bonds. The van der Waals surface area contributed by atoms with E-state index in [0.29, 0.717) is 16.6 Å². The molecule has 1 heterocycles. The van der Waals surface area contributed by atoms with E-state index in [1.807, 2.05) is 4.81 Å². The van der Waals surface area contributed by atoms with Crippen LogP contribution in [0.1, 0.15) is 39.0 Å². The highest BCUT2D eigenvalue weighted by Gasteiger charge is 2.21. The fourth-order valence-corrected chi connectivity index (χ4v) is 4.85. The van der Waals surface area contributed by atoms with Gasteiger partial charge in [0.1, 0.15) is 0 Å². The van der Waals surface area contributed by atoms with Crippen molar-refractivity contribution in [2.24, 2.45) is 5.92 Å². The molecule has 1 aromatic rings. The minimum Gasteiger partial charge on any atom is -0.353 e. The lowest BCUT2D eigenvalue weighted by molar-refractivity contribution is -0.384. The SMILES string of the molecule is [B]N(CCC)CCCCN1CCC(CS(=O)c2ccc([N+](=O)[O-])cc2)CC1. The van der Waals surface area contributed by atoms with Crippen LogP contribution in [0.15, 0.2) is 29.2 Å². The highest BCUT2D eigenvalue weighted by atomic mass is 32.2. The molecule has 1 saturated heterocycles. The lowest BCUT2D eigenvalue weighted by Crippen LogP contribution is -2.36. The van der Waals surface area contributed by atoms with Gasteiger partial charge in [-0.2, -0.15) is 0 Å². The molecule has 2 radical (unpaired) electrons. The summed E-state index contributed by atoms with van der Waals surface area (Å²) in [4.78, 5) is 15.3. The van der Waals surface area contributed by atoms with Crippen LogP contribution in [0.25, 0.3) is 0 Å². The topological polar surface area (TPSA) is 66.7 Å². The van der Waals surface area contributed by atoms with Crippen molar-refractivity contribution in [1.29, 1.82) is 0 Å². The molecule has 1 aromatic carbocycles. The number of likely N-dealkylation sites (tertiary alicyclic amines) is 1. The number of non-ortho nitro benzene ring substituents is 1. The Hall–Kier alpha value is -1.25. The second-order valence-electron chi connectivity index (χ2n) is 7.29. The maximum atomic E-state index is 12.5. The average Bonchev–Trinajstić information content (AvgIpc) is 2.67. The van der Waals surface area contributed by atoms with Crippen LogP contribution in [0.3, 0.4) is 0 Å². The number of piperidine rings is 1. The third kappa shape index (κ3) is 7.72. The van der Waals surface area contributed by atoms with E-state index in [0.717, 1.165) is 64.8 Å². The zero-order valence-electron chi connectivity index (χ0n) is 16.2. The molecule has 27 heavy (non-hydrogen) atoms. The molecular formula is C19H30BN3O3S. The first kappa shape index (κ1) is 22.0. The van der Waals surface area contributed by atoms with Crippen LogP contribution in [0.4, 0.5) is 5.69 Å². The molecule has 0 bridgehead atoms. The van der Waals surface area contributed by atoms with E-state index in [1.165, 1.54) is 12.1 Å². The minimum absolute atomic E-state index is 0.0384. The third-order valence-corrected chi connectivity index (χ3v) is 6.66. The van der Waals surface area contributed by atoms with Gasteiger partial charge in [-0.25, -0.2) is 0 Å².